The lowest BCUT2D eigenvalue weighted by Gasteiger charge is -2.39. The van der Waals surface area contributed by atoms with Crippen LogP contribution in [0.2, 0.25) is 0 Å². The standard InChI is InChI=1S/C29H28N4O3/c1-17(2)18-9-11-19(12-10-18)27-25-26(32-29-30-16-31-33(27)29)21-7-5-6-8-22(21)36-28(25)20-13-14-23(34-3)24(15-20)35-4/h5-17,27-28H,1-4H3,(H,30,31,32)/t27-,28-/m1/s1. The smallest absolute Gasteiger partial charge is 0.226 e. The number of aromatic nitrogens is 3. The molecule has 3 aromatic carbocycles. The summed E-state index contributed by atoms with van der Waals surface area (Å²) in [5, 5.41) is 8.17. The Kier molecular flexibility index (Phi) is 5.40. The van der Waals surface area contributed by atoms with Gasteiger partial charge in [0.1, 0.15) is 24.2 Å². The number of fused-ring (bicyclic) bond motifs is 3. The lowest BCUT2D eigenvalue weighted by atomic mass is 9.84. The average Bonchev–Trinajstić information content (AvgIpc) is 3.39. The molecule has 1 N–H and O–H groups in total. The van der Waals surface area contributed by atoms with Gasteiger partial charge in [-0.25, -0.2) is 4.68 Å². The van der Waals surface area contributed by atoms with Gasteiger partial charge in [-0.1, -0.05) is 56.3 Å². The van der Waals surface area contributed by atoms with Crippen LogP contribution in [-0.2, 0) is 0 Å². The highest BCUT2D eigenvalue weighted by Gasteiger charge is 2.41. The molecular weight excluding hydrogens is 452 g/mol. The molecule has 2 aliphatic heterocycles. The summed E-state index contributed by atoms with van der Waals surface area (Å²) in [5.74, 6) is 3.29. The maximum absolute atomic E-state index is 6.71. The maximum atomic E-state index is 6.71. The molecule has 0 amide bonds. The highest BCUT2D eigenvalue weighted by Crippen LogP contribution is 2.51. The van der Waals surface area contributed by atoms with Crippen molar-refractivity contribution >= 4 is 11.6 Å². The van der Waals surface area contributed by atoms with Gasteiger partial charge in [-0.2, -0.15) is 10.1 Å². The topological polar surface area (TPSA) is 70.4 Å². The molecule has 0 unspecified atom stereocenters. The van der Waals surface area contributed by atoms with E-state index < -0.39 is 0 Å². The van der Waals surface area contributed by atoms with Crippen LogP contribution in [0.25, 0.3) is 5.70 Å². The Morgan fingerprint density at radius 3 is 2.42 bits per heavy atom. The quantitative estimate of drug-likeness (QED) is 0.379. The van der Waals surface area contributed by atoms with E-state index in [4.69, 9.17) is 14.2 Å². The van der Waals surface area contributed by atoms with E-state index in [0.29, 0.717) is 23.4 Å². The first kappa shape index (κ1) is 22.2. The number of ether oxygens (including phenoxy) is 3. The van der Waals surface area contributed by atoms with Gasteiger partial charge < -0.3 is 19.5 Å². The number of benzene rings is 3. The van der Waals surface area contributed by atoms with Gasteiger partial charge in [-0.05, 0) is 41.3 Å². The molecule has 7 heteroatoms. The molecule has 0 bridgehead atoms. The van der Waals surface area contributed by atoms with Crippen molar-refractivity contribution in [3.8, 4) is 17.2 Å². The largest absolute Gasteiger partial charge is 0.493 e. The van der Waals surface area contributed by atoms with Crippen molar-refractivity contribution in [3.05, 3.63) is 101 Å². The summed E-state index contributed by atoms with van der Waals surface area (Å²) in [6.07, 6.45) is 1.21. The van der Waals surface area contributed by atoms with Crippen LogP contribution in [0.5, 0.6) is 17.2 Å². The fourth-order valence-electron chi connectivity index (χ4n) is 5.09. The Balaban J connectivity index is 1.58. The van der Waals surface area contributed by atoms with Crippen molar-refractivity contribution in [2.24, 2.45) is 0 Å². The number of para-hydroxylation sites is 1. The maximum Gasteiger partial charge on any atom is 0.226 e. The van der Waals surface area contributed by atoms with E-state index in [2.05, 4.69) is 59.6 Å². The highest BCUT2D eigenvalue weighted by molar-refractivity contribution is 5.85. The summed E-state index contributed by atoms with van der Waals surface area (Å²) in [6.45, 7) is 4.41. The zero-order chi connectivity index (χ0) is 24.8. The van der Waals surface area contributed by atoms with Crippen LogP contribution in [0.1, 0.15) is 54.2 Å². The second-order valence-electron chi connectivity index (χ2n) is 9.32. The van der Waals surface area contributed by atoms with Gasteiger partial charge in [0.2, 0.25) is 5.95 Å². The van der Waals surface area contributed by atoms with Crippen LogP contribution < -0.4 is 19.5 Å². The zero-order valence-corrected chi connectivity index (χ0v) is 20.7. The lowest BCUT2D eigenvalue weighted by molar-refractivity contribution is 0.222. The Labute approximate surface area is 210 Å². The van der Waals surface area contributed by atoms with Crippen molar-refractivity contribution in [1.29, 1.82) is 0 Å². The van der Waals surface area contributed by atoms with E-state index in [1.54, 1.807) is 20.5 Å². The third-order valence-electron chi connectivity index (χ3n) is 6.95. The molecule has 1 aromatic heterocycles. The molecule has 7 nitrogen and oxygen atoms in total. The third kappa shape index (κ3) is 3.50. The van der Waals surface area contributed by atoms with Crippen LogP contribution in [0.15, 0.2) is 78.6 Å². The van der Waals surface area contributed by atoms with Crippen LogP contribution in [0.3, 0.4) is 0 Å². The van der Waals surface area contributed by atoms with Gasteiger partial charge in [0, 0.05) is 16.7 Å². The third-order valence-corrected chi connectivity index (χ3v) is 6.95. The molecule has 0 fully saturated rings. The van der Waals surface area contributed by atoms with Crippen LogP contribution in [0.4, 0.5) is 5.95 Å². The van der Waals surface area contributed by atoms with Gasteiger partial charge >= 0.3 is 0 Å². The van der Waals surface area contributed by atoms with Gasteiger partial charge in [-0.3, -0.25) is 0 Å². The van der Waals surface area contributed by atoms with Crippen LogP contribution in [0, 0.1) is 0 Å². The molecule has 0 aliphatic carbocycles. The molecule has 182 valence electrons. The molecule has 2 atom stereocenters. The first-order valence-corrected chi connectivity index (χ1v) is 12.1. The fourth-order valence-corrected chi connectivity index (χ4v) is 5.09. The number of hydrogen-bond donors (Lipinski definition) is 1. The number of nitrogens with one attached hydrogen (secondary N) is 1. The van der Waals surface area contributed by atoms with E-state index in [1.165, 1.54) is 5.56 Å². The SMILES string of the molecule is COc1ccc([C@H]2Oc3ccccc3C3=C2[C@@H](c2ccc(C(C)C)cc2)n2ncnc2N3)cc1OC. The van der Waals surface area contributed by atoms with Crippen molar-refractivity contribution in [2.45, 2.75) is 31.9 Å². The predicted molar refractivity (Wildman–Crippen MR) is 139 cm³/mol. The molecule has 36 heavy (non-hydrogen) atoms. The Morgan fingerprint density at radius 1 is 0.917 bits per heavy atom. The molecule has 0 radical (unpaired) electrons. The molecule has 3 heterocycles. The van der Waals surface area contributed by atoms with E-state index in [9.17, 15) is 0 Å². The molecule has 0 spiro atoms. The molecule has 6 rings (SSSR count). The number of nitrogens with zero attached hydrogens (tertiary/aromatic N) is 3. The fraction of sp³-hybridized carbons (Fsp3) is 0.241. The Hall–Kier alpha value is -4.26. The van der Waals surface area contributed by atoms with E-state index >= 15 is 0 Å². The van der Waals surface area contributed by atoms with Gasteiger partial charge in [0.05, 0.1) is 19.9 Å². The van der Waals surface area contributed by atoms with Crippen LogP contribution in [-0.4, -0.2) is 29.0 Å². The Morgan fingerprint density at radius 2 is 1.67 bits per heavy atom. The normalized spacial score (nSPS) is 18.0. The first-order chi connectivity index (χ1) is 17.6. The molecule has 2 aliphatic rings. The zero-order valence-electron chi connectivity index (χ0n) is 20.7. The second-order valence-corrected chi connectivity index (χ2v) is 9.32. The summed E-state index contributed by atoms with van der Waals surface area (Å²) in [7, 11) is 3.28. The summed E-state index contributed by atoms with van der Waals surface area (Å²) >= 11 is 0. The van der Waals surface area contributed by atoms with Crippen molar-refractivity contribution in [3.63, 3.8) is 0 Å². The van der Waals surface area contributed by atoms with Crippen LogP contribution >= 0.6 is 0 Å². The monoisotopic (exact) mass is 480 g/mol. The molecule has 4 aromatic rings. The number of methoxy groups -OCH3 is 2. The van der Waals surface area contributed by atoms with Crippen molar-refractivity contribution in [1.82, 2.24) is 14.8 Å². The minimum atomic E-state index is -0.380. The molecule has 0 saturated heterocycles. The van der Waals surface area contributed by atoms with E-state index in [1.807, 2.05) is 41.1 Å². The summed E-state index contributed by atoms with van der Waals surface area (Å²) < 4.78 is 19.8. The Bertz CT molecular complexity index is 1460. The minimum absolute atomic E-state index is 0.202. The molecule has 0 saturated carbocycles. The predicted octanol–water partition coefficient (Wildman–Crippen LogP) is 5.98. The summed E-state index contributed by atoms with van der Waals surface area (Å²) in [5.41, 5.74) is 6.44. The number of hydrogen-bond acceptors (Lipinski definition) is 6. The van der Waals surface area contributed by atoms with Gasteiger partial charge in [0.25, 0.3) is 0 Å². The number of rotatable bonds is 5. The molecular formula is C29H28N4O3. The average molecular weight is 481 g/mol. The lowest BCUT2D eigenvalue weighted by Crippen LogP contribution is -2.32. The first-order valence-electron chi connectivity index (χ1n) is 12.1. The summed E-state index contributed by atoms with van der Waals surface area (Å²) in [4.78, 5) is 4.52. The summed E-state index contributed by atoms with van der Waals surface area (Å²) in [6, 6.07) is 22.6. The van der Waals surface area contributed by atoms with E-state index in [0.717, 1.165) is 33.7 Å². The highest BCUT2D eigenvalue weighted by atomic mass is 16.5. The second kappa shape index (κ2) is 8.75. The van der Waals surface area contributed by atoms with E-state index in [-0.39, 0.29) is 12.1 Å². The van der Waals surface area contributed by atoms with Gasteiger partial charge in [-0.15, -0.1) is 0 Å². The van der Waals surface area contributed by atoms with Crippen molar-refractivity contribution < 1.29 is 14.2 Å². The number of anilines is 1. The van der Waals surface area contributed by atoms with Crippen molar-refractivity contribution in [2.75, 3.05) is 19.5 Å². The van der Waals surface area contributed by atoms with Gasteiger partial charge in [0.15, 0.2) is 11.5 Å². The minimum Gasteiger partial charge on any atom is -0.493 e.